The molecular formula is C14H21NO. The molecule has 1 heterocycles. The maximum absolute atomic E-state index is 5.76. The van der Waals surface area contributed by atoms with Crippen molar-refractivity contribution in [2.75, 3.05) is 18.5 Å². The van der Waals surface area contributed by atoms with Gasteiger partial charge in [-0.05, 0) is 30.4 Å². The SMILES string of the molecule is CCCOc1cccc2c1NCC(CC)C2. The van der Waals surface area contributed by atoms with E-state index in [2.05, 4.69) is 37.4 Å². The third-order valence-electron chi connectivity index (χ3n) is 3.23. The van der Waals surface area contributed by atoms with Gasteiger partial charge in [0.1, 0.15) is 5.75 Å². The lowest BCUT2D eigenvalue weighted by atomic mass is 9.92. The Kier molecular flexibility index (Phi) is 3.70. The molecule has 2 heteroatoms. The van der Waals surface area contributed by atoms with Gasteiger partial charge in [0.2, 0.25) is 0 Å². The van der Waals surface area contributed by atoms with Crippen molar-refractivity contribution >= 4 is 5.69 Å². The van der Waals surface area contributed by atoms with Gasteiger partial charge in [0.05, 0.1) is 12.3 Å². The van der Waals surface area contributed by atoms with Gasteiger partial charge in [-0.2, -0.15) is 0 Å². The first-order valence-corrected chi connectivity index (χ1v) is 6.33. The average molecular weight is 219 g/mol. The summed E-state index contributed by atoms with van der Waals surface area (Å²) in [6, 6.07) is 6.38. The van der Waals surface area contributed by atoms with Crippen molar-refractivity contribution in [3.05, 3.63) is 23.8 Å². The highest BCUT2D eigenvalue weighted by Gasteiger charge is 2.19. The molecule has 1 atom stereocenters. The van der Waals surface area contributed by atoms with Crippen molar-refractivity contribution in [1.29, 1.82) is 0 Å². The van der Waals surface area contributed by atoms with E-state index in [1.807, 2.05) is 0 Å². The molecule has 1 unspecified atom stereocenters. The predicted molar refractivity (Wildman–Crippen MR) is 68.2 cm³/mol. The fraction of sp³-hybridized carbons (Fsp3) is 0.571. The summed E-state index contributed by atoms with van der Waals surface area (Å²) in [6.07, 6.45) is 3.48. The minimum Gasteiger partial charge on any atom is -0.491 e. The van der Waals surface area contributed by atoms with Gasteiger partial charge in [-0.1, -0.05) is 32.4 Å². The van der Waals surface area contributed by atoms with Crippen molar-refractivity contribution < 1.29 is 4.74 Å². The predicted octanol–water partition coefficient (Wildman–Crippen LogP) is 3.47. The van der Waals surface area contributed by atoms with E-state index in [4.69, 9.17) is 4.74 Å². The summed E-state index contributed by atoms with van der Waals surface area (Å²) in [7, 11) is 0. The van der Waals surface area contributed by atoms with Gasteiger partial charge in [-0.25, -0.2) is 0 Å². The van der Waals surface area contributed by atoms with E-state index in [-0.39, 0.29) is 0 Å². The number of ether oxygens (including phenoxy) is 1. The van der Waals surface area contributed by atoms with Crippen LogP contribution in [-0.4, -0.2) is 13.2 Å². The standard InChI is InChI=1S/C14H21NO/c1-3-8-16-13-7-5-6-12-9-11(4-2)10-15-14(12)13/h5-7,11,15H,3-4,8-10H2,1-2H3. The normalized spacial score (nSPS) is 18.8. The third kappa shape index (κ3) is 2.31. The smallest absolute Gasteiger partial charge is 0.142 e. The lowest BCUT2D eigenvalue weighted by Gasteiger charge is -2.27. The number of anilines is 1. The third-order valence-corrected chi connectivity index (χ3v) is 3.23. The monoisotopic (exact) mass is 219 g/mol. The molecule has 16 heavy (non-hydrogen) atoms. The summed E-state index contributed by atoms with van der Waals surface area (Å²) in [5.41, 5.74) is 2.63. The summed E-state index contributed by atoms with van der Waals surface area (Å²) >= 11 is 0. The van der Waals surface area contributed by atoms with E-state index in [0.717, 1.165) is 31.2 Å². The second-order valence-electron chi connectivity index (χ2n) is 4.50. The van der Waals surface area contributed by atoms with Crippen molar-refractivity contribution in [1.82, 2.24) is 0 Å². The van der Waals surface area contributed by atoms with Gasteiger partial charge in [0.25, 0.3) is 0 Å². The Balaban J connectivity index is 2.17. The van der Waals surface area contributed by atoms with Crippen LogP contribution in [0.25, 0.3) is 0 Å². The van der Waals surface area contributed by atoms with Gasteiger partial charge in [0, 0.05) is 6.54 Å². The molecule has 1 aromatic rings. The Morgan fingerprint density at radius 1 is 1.38 bits per heavy atom. The highest BCUT2D eigenvalue weighted by molar-refractivity contribution is 5.63. The van der Waals surface area contributed by atoms with Crippen LogP contribution in [0, 0.1) is 5.92 Å². The largest absolute Gasteiger partial charge is 0.491 e. The zero-order chi connectivity index (χ0) is 11.4. The van der Waals surface area contributed by atoms with E-state index in [1.165, 1.54) is 24.1 Å². The highest BCUT2D eigenvalue weighted by atomic mass is 16.5. The van der Waals surface area contributed by atoms with Gasteiger partial charge in [-0.3, -0.25) is 0 Å². The van der Waals surface area contributed by atoms with Crippen LogP contribution in [0.15, 0.2) is 18.2 Å². The highest BCUT2D eigenvalue weighted by Crippen LogP contribution is 2.34. The molecule has 0 aromatic heterocycles. The summed E-state index contributed by atoms with van der Waals surface area (Å²) in [6.45, 7) is 6.27. The quantitative estimate of drug-likeness (QED) is 0.837. The van der Waals surface area contributed by atoms with Crippen LogP contribution in [0.2, 0.25) is 0 Å². The van der Waals surface area contributed by atoms with Crippen molar-refractivity contribution in [2.24, 2.45) is 5.92 Å². The van der Waals surface area contributed by atoms with Crippen LogP contribution in [0.4, 0.5) is 5.69 Å². The fourth-order valence-corrected chi connectivity index (χ4v) is 2.20. The summed E-state index contributed by atoms with van der Waals surface area (Å²) in [4.78, 5) is 0. The molecule has 1 aliphatic rings. The van der Waals surface area contributed by atoms with Crippen LogP contribution in [-0.2, 0) is 6.42 Å². The molecular weight excluding hydrogens is 198 g/mol. The number of hydrogen-bond donors (Lipinski definition) is 1. The van der Waals surface area contributed by atoms with Crippen LogP contribution in [0.1, 0.15) is 32.3 Å². The first-order valence-electron chi connectivity index (χ1n) is 6.33. The fourth-order valence-electron chi connectivity index (χ4n) is 2.20. The molecule has 0 amide bonds. The Hall–Kier alpha value is -1.18. The van der Waals surface area contributed by atoms with Crippen LogP contribution >= 0.6 is 0 Å². The number of fused-ring (bicyclic) bond motifs is 1. The average Bonchev–Trinajstić information content (AvgIpc) is 2.35. The van der Waals surface area contributed by atoms with Crippen molar-refractivity contribution in [3.63, 3.8) is 0 Å². The Bertz CT molecular complexity index is 334. The summed E-state index contributed by atoms with van der Waals surface area (Å²) < 4.78 is 5.76. The van der Waals surface area contributed by atoms with Crippen LogP contribution < -0.4 is 10.1 Å². The number of rotatable bonds is 4. The molecule has 1 aromatic carbocycles. The molecule has 0 radical (unpaired) electrons. The maximum atomic E-state index is 5.76. The Morgan fingerprint density at radius 3 is 3.00 bits per heavy atom. The topological polar surface area (TPSA) is 21.3 Å². The zero-order valence-electron chi connectivity index (χ0n) is 10.3. The molecule has 1 aliphatic heterocycles. The van der Waals surface area contributed by atoms with Gasteiger partial charge < -0.3 is 10.1 Å². The first kappa shape index (κ1) is 11.3. The van der Waals surface area contributed by atoms with E-state index >= 15 is 0 Å². The first-order chi connectivity index (χ1) is 7.85. The van der Waals surface area contributed by atoms with E-state index < -0.39 is 0 Å². The van der Waals surface area contributed by atoms with Crippen molar-refractivity contribution in [2.45, 2.75) is 33.1 Å². The summed E-state index contributed by atoms with van der Waals surface area (Å²) in [5.74, 6) is 1.79. The molecule has 0 aliphatic carbocycles. The molecule has 2 rings (SSSR count). The molecule has 0 fully saturated rings. The molecule has 88 valence electrons. The molecule has 0 spiro atoms. The van der Waals surface area contributed by atoms with E-state index in [1.54, 1.807) is 0 Å². The zero-order valence-corrected chi connectivity index (χ0v) is 10.3. The van der Waals surface area contributed by atoms with Crippen molar-refractivity contribution in [3.8, 4) is 5.75 Å². The van der Waals surface area contributed by atoms with Gasteiger partial charge in [0.15, 0.2) is 0 Å². The van der Waals surface area contributed by atoms with E-state index in [9.17, 15) is 0 Å². The molecule has 0 bridgehead atoms. The second-order valence-corrected chi connectivity index (χ2v) is 4.50. The van der Waals surface area contributed by atoms with Gasteiger partial charge in [-0.15, -0.1) is 0 Å². The Morgan fingerprint density at radius 2 is 2.25 bits per heavy atom. The number of para-hydroxylation sites is 1. The molecule has 0 saturated carbocycles. The van der Waals surface area contributed by atoms with E-state index in [0.29, 0.717) is 0 Å². The molecule has 0 saturated heterocycles. The lowest BCUT2D eigenvalue weighted by Crippen LogP contribution is -2.23. The number of hydrogen-bond acceptors (Lipinski definition) is 2. The number of benzene rings is 1. The second kappa shape index (κ2) is 5.24. The van der Waals surface area contributed by atoms with Gasteiger partial charge >= 0.3 is 0 Å². The molecule has 1 N–H and O–H groups in total. The lowest BCUT2D eigenvalue weighted by molar-refractivity contribution is 0.317. The maximum Gasteiger partial charge on any atom is 0.142 e. The van der Waals surface area contributed by atoms with Crippen LogP contribution in [0.5, 0.6) is 5.75 Å². The minimum atomic E-state index is 0.772. The molecule has 2 nitrogen and oxygen atoms in total. The number of nitrogens with one attached hydrogen (secondary N) is 1. The van der Waals surface area contributed by atoms with Crippen LogP contribution in [0.3, 0.4) is 0 Å². The Labute approximate surface area is 98.0 Å². The summed E-state index contributed by atoms with van der Waals surface area (Å²) in [5, 5.41) is 3.52. The minimum absolute atomic E-state index is 0.772.